The van der Waals surface area contributed by atoms with Crippen molar-refractivity contribution in [2.45, 2.75) is 26.8 Å². The first-order chi connectivity index (χ1) is 11.2. The van der Waals surface area contributed by atoms with Crippen LogP contribution >= 0.6 is 0 Å². The molecule has 4 heterocycles. The number of aromatic amines is 1. The van der Waals surface area contributed by atoms with Crippen molar-refractivity contribution in [3.05, 3.63) is 53.2 Å². The van der Waals surface area contributed by atoms with Gasteiger partial charge in [0.05, 0.1) is 11.9 Å². The van der Waals surface area contributed by atoms with E-state index in [-0.39, 0.29) is 0 Å². The lowest BCUT2D eigenvalue weighted by atomic mass is 10.1. The first-order valence-electron chi connectivity index (χ1n) is 7.74. The minimum Gasteiger partial charge on any atom is -0.336 e. The van der Waals surface area contributed by atoms with Crippen LogP contribution in [0.3, 0.4) is 0 Å². The molecule has 0 radical (unpaired) electrons. The molecule has 0 saturated heterocycles. The van der Waals surface area contributed by atoms with E-state index in [9.17, 15) is 0 Å². The summed E-state index contributed by atoms with van der Waals surface area (Å²) in [6.07, 6.45) is 4.65. The summed E-state index contributed by atoms with van der Waals surface area (Å²) < 4.78 is 0. The fourth-order valence-electron chi connectivity index (χ4n) is 3.00. The first kappa shape index (κ1) is 13.9. The molecule has 0 unspecified atom stereocenters. The van der Waals surface area contributed by atoms with E-state index in [0.29, 0.717) is 0 Å². The van der Waals surface area contributed by atoms with Gasteiger partial charge < -0.3 is 4.90 Å². The molecule has 1 aliphatic heterocycles. The molecule has 23 heavy (non-hydrogen) atoms. The number of anilines is 1. The molecule has 6 nitrogen and oxygen atoms in total. The van der Waals surface area contributed by atoms with Gasteiger partial charge in [-0.25, -0.2) is 9.97 Å². The average molecular weight is 306 g/mol. The van der Waals surface area contributed by atoms with Crippen LogP contribution < -0.4 is 4.90 Å². The Bertz CT molecular complexity index is 854. The van der Waals surface area contributed by atoms with Gasteiger partial charge in [-0.3, -0.25) is 10.1 Å². The number of hydrogen-bond donors (Lipinski definition) is 1. The molecular formula is C17H18N6. The van der Waals surface area contributed by atoms with Crippen LogP contribution in [0.1, 0.15) is 22.6 Å². The summed E-state index contributed by atoms with van der Waals surface area (Å²) in [4.78, 5) is 15.9. The number of H-pyrrole nitrogens is 1. The Balaban J connectivity index is 1.67. The Morgan fingerprint density at radius 3 is 2.91 bits per heavy atom. The van der Waals surface area contributed by atoms with E-state index in [1.54, 1.807) is 0 Å². The summed E-state index contributed by atoms with van der Waals surface area (Å²) in [6, 6.07) is 6.03. The fourth-order valence-corrected chi connectivity index (χ4v) is 3.00. The van der Waals surface area contributed by atoms with E-state index < -0.39 is 0 Å². The van der Waals surface area contributed by atoms with Crippen molar-refractivity contribution in [2.75, 3.05) is 11.4 Å². The molecule has 0 saturated carbocycles. The van der Waals surface area contributed by atoms with Crippen molar-refractivity contribution in [1.82, 2.24) is 25.1 Å². The van der Waals surface area contributed by atoms with Crippen LogP contribution in [-0.2, 0) is 13.0 Å². The number of hydrogen-bond acceptors (Lipinski definition) is 5. The standard InChI is InChI=1S/C17H18N6/c1-11-3-4-14(12(2)20-11)16-5-7-18-17(21-16)23-8-6-15-13(10-23)9-19-22-15/h3-5,7,9H,6,8,10H2,1-2H3,(H,19,22). The first-order valence-corrected chi connectivity index (χ1v) is 7.74. The van der Waals surface area contributed by atoms with Crippen LogP contribution in [0.2, 0.25) is 0 Å². The van der Waals surface area contributed by atoms with Gasteiger partial charge in [-0.1, -0.05) is 0 Å². The summed E-state index contributed by atoms with van der Waals surface area (Å²) in [5.74, 6) is 0.759. The molecule has 116 valence electrons. The largest absolute Gasteiger partial charge is 0.336 e. The summed E-state index contributed by atoms with van der Waals surface area (Å²) in [5, 5.41) is 7.17. The zero-order chi connectivity index (χ0) is 15.8. The number of nitrogens with zero attached hydrogens (tertiary/aromatic N) is 5. The van der Waals surface area contributed by atoms with Crippen LogP contribution in [0.15, 0.2) is 30.6 Å². The molecule has 1 N–H and O–H groups in total. The average Bonchev–Trinajstić information content (AvgIpc) is 3.02. The van der Waals surface area contributed by atoms with E-state index in [0.717, 1.165) is 48.1 Å². The molecule has 0 aliphatic carbocycles. The summed E-state index contributed by atoms with van der Waals surface area (Å²) >= 11 is 0. The fraction of sp³-hybridized carbons (Fsp3) is 0.294. The van der Waals surface area contributed by atoms with E-state index in [1.165, 1.54) is 11.3 Å². The Kier molecular flexibility index (Phi) is 3.29. The van der Waals surface area contributed by atoms with Crippen LogP contribution in [-0.4, -0.2) is 31.7 Å². The Morgan fingerprint density at radius 2 is 2.04 bits per heavy atom. The molecule has 1 aliphatic rings. The summed E-state index contributed by atoms with van der Waals surface area (Å²) in [6.45, 7) is 5.70. The highest BCUT2D eigenvalue weighted by Crippen LogP contribution is 2.24. The van der Waals surface area contributed by atoms with Gasteiger partial charge in [0.2, 0.25) is 5.95 Å². The maximum Gasteiger partial charge on any atom is 0.226 e. The second-order valence-corrected chi connectivity index (χ2v) is 5.87. The Morgan fingerprint density at radius 1 is 1.13 bits per heavy atom. The SMILES string of the molecule is Cc1ccc(-c2ccnc(N3CCc4[nH]ncc4C3)n2)c(C)n1. The molecule has 3 aromatic heterocycles. The number of aromatic nitrogens is 5. The quantitative estimate of drug-likeness (QED) is 0.787. The molecule has 0 amide bonds. The van der Waals surface area contributed by atoms with Gasteiger partial charge in [-0.15, -0.1) is 0 Å². The molecule has 0 atom stereocenters. The number of pyridine rings is 1. The smallest absolute Gasteiger partial charge is 0.226 e. The van der Waals surface area contributed by atoms with Crippen LogP contribution in [0, 0.1) is 13.8 Å². The predicted octanol–water partition coefficient (Wildman–Crippen LogP) is 2.44. The summed E-state index contributed by atoms with van der Waals surface area (Å²) in [5.41, 5.74) is 6.42. The van der Waals surface area contributed by atoms with Gasteiger partial charge in [0.1, 0.15) is 0 Å². The molecule has 4 rings (SSSR count). The topological polar surface area (TPSA) is 70.6 Å². The lowest BCUT2D eigenvalue weighted by Gasteiger charge is -2.26. The normalized spacial score (nSPS) is 13.9. The molecule has 0 aromatic carbocycles. The maximum absolute atomic E-state index is 4.76. The summed E-state index contributed by atoms with van der Waals surface area (Å²) in [7, 11) is 0. The van der Waals surface area contributed by atoms with Gasteiger partial charge >= 0.3 is 0 Å². The highest BCUT2D eigenvalue weighted by molar-refractivity contribution is 5.62. The minimum atomic E-state index is 0.759. The minimum absolute atomic E-state index is 0.759. The van der Waals surface area contributed by atoms with Crippen molar-refractivity contribution in [3.8, 4) is 11.3 Å². The van der Waals surface area contributed by atoms with Gasteiger partial charge in [0.25, 0.3) is 0 Å². The maximum atomic E-state index is 4.76. The van der Waals surface area contributed by atoms with E-state index >= 15 is 0 Å². The number of rotatable bonds is 2. The van der Waals surface area contributed by atoms with Crippen molar-refractivity contribution in [3.63, 3.8) is 0 Å². The van der Waals surface area contributed by atoms with E-state index in [4.69, 9.17) is 4.98 Å². The third kappa shape index (κ3) is 2.56. The van der Waals surface area contributed by atoms with Gasteiger partial charge in [0, 0.05) is 53.9 Å². The highest BCUT2D eigenvalue weighted by atomic mass is 15.3. The molecule has 0 bridgehead atoms. The van der Waals surface area contributed by atoms with E-state index in [2.05, 4.69) is 31.1 Å². The third-order valence-corrected chi connectivity index (χ3v) is 4.23. The van der Waals surface area contributed by atoms with Crippen molar-refractivity contribution in [1.29, 1.82) is 0 Å². The van der Waals surface area contributed by atoms with Crippen LogP contribution in [0.25, 0.3) is 11.3 Å². The monoisotopic (exact) mass is 306 g/mol. The molecule has 6 heteroatoms. The Hall–Kier alpha value is -2.76. The van der Waals surface area contributed by atoms with Gasteiger partial charge in [-0.2, -0.15) is 5.10 Å². The van der Waals surface area contributed by atoms with Gasteiger partial charge in [0.15, 0.2) is 0 Å². The van der Waals surface area contributed by atoms with Gasteiger partial charge in [-0.05, 0) is 32.0 Å². The number of aryl methyl sites for hydroxylation is 2. The van der Waals surface area contributed by atoms with Crippen molar-refractivity contribution < 1.29 is 0 Å². The van der Waals surface area contributed by atoms with Crippen molar-refractivity contribution >= 4 is 5.95 Å². The third-order valence-electron chi connectivity index (χ3n) is 4.23. The molecular weight excluding hydrogens is 288 g/mol. The second kappa shape index (κ2) is 5.46. The molecule has 0 spiro atoms. The number of fused-ring (bicyclic) bond motifs is 1. The second-order valence-electron chi connectivity index (χ2n) is 5.87. The molecule has 3 aromatic rings. The van der Waals surface area contributed by atoms with Crippen molar-refractivity contribution in [2.24, 2.45) is 0 Å². The molecule has 0 fully saturated rings. The Labute approximate surface area is 134 Å². The van der Waals surface area contributed by atoms with Crippen LogP contribution in [0.5, 0.6) is 0 Å². The number of nitrogens with one attached hydrogen (secondary N) is 1. The van der Waals surface area contributed by atoms with E-state index in [1.807, 2.05) is 38.4 Å². The lowest BCUT2D eigenvalue weighted by Crippen LogP contribution is -2.31. The zero-order valence-corrected chi connectivity index (χ0v) is 13.2. The predicted molar refractivity (Wildman–Crippen MR) is 88.1 cm³/mol. The lowest BCUT2D eigenvalue weighted by molar-refractivity contribution is 0.699. The van der Waals surface area contributed by atoms with Crippen LogP contribution in [0.4, 0.5) is 5.95 Å². The highest BCUT2D eigenvalue weighted by Gasteiger charge is 2.20. The zero-order valence-electron chi connectivity index (χ0n) is 13.2.